The molecule has 0 amide bonds. The van der Waals surface area contributed by atoms with Gasteiger partial charge in [0.1, 0.15) is 13.2 Å². The molecule has 0 atom stereocenters. The molecule has 2 aromatic rings. The predicted octanol–water partition coefficient (Wildman–Crippen LogP) is 3.62. The van der Waals surface area contributed by atoms with Gasteiger partial charge in [-0.1, -0.05) is 26.0 Å². The van der Waals surface area contributed by atoms with E-state index in [2.05, 4.69) is 0 Å². The van der Waals surface area contributed by atoms with Crippen molar-refractivity contribution in [3.8, 4) is 11.5 Å². The fraction of sp³-hybridized carbons (Fsp3) is 0.333. The van der Waals surface area contributed by atoms with Crippen LogP contribution in [-0.2, 0) is 17.6 Å². The highest BCUT2D eigenvalue weighted by atomic mass is 16.6. The van der Waals surface area contributed by atoms with E-state index < -0.39 is 5.97 Å². The van der Waals surface area contributed by atoms with E-state index in [-0.39, 0.29) is 12.4 Å². The van der Waals surface area contributed by atoms with Gasteiger partial charge in [0.2, 0.25) is 5.78 Å². The molecule has 136 valence electrons. The van der Waals surface area contributed by atoms with Gasteiger partial charge in [-0.3, -0.25) is 4.79 Å². The minimum absolute atomic E-state index is 0.192. The molecule has 1 heterocycles. The molecule has 0 spiro atoms. The Morgan fingerprint density at radius 1 is 0.962 bits per heavy atom. The summed E-state index contributed by atoms with van der Waals surface area (Å²) in [6.45, 7) is 4.68. The maximum Gasteiger partial charge on any atom is 0.338 e. The molecule has 3 rings (SSSR count). The Labute approximate surface area is 152 Å². The summed E-state index contributed by atoms with van der Waals surface area (Å²) in [6, 6.07) is 10.7. The van der Waals surface area contributed by atoms with Crippen LogP contribution in [0.4, 0.5) is 0 Å². The zero-order chi connectivity index (χ0) is 18.5. The Hall–Kier alpha value is -2.82. The van der Waals surface area contributed by atoms with Crippen molar-refractivity contribution in [2.75, 3.05) is 19.8 Å². The monoisotopic (exact) mass is 354 g/mol. The van der Waals surface area contributed by atoms with Gasteiger partial charge in [-0.15, -0.1) is 0 Å². The van der Waals surface area contributed by atoms with Crippen molar-refractivity contribution in [1.82, 2.24) is 0 Å². The second-order valence-electron chi connectivity index (χ2n) is 6.06. The van der Waals surface area contributed by atoms with Crippen LogP contribution in [0.3, 0.4) is 0 Å². The van der Waals surface area contributed by atoms with Crippen LogP contribution in [0.25, 0.3) is 0 Å². The van der Waals surface area contributed by atoms with Crippen LogP contribution in [0.2, 0.25) is 0 Å². The molecule has 0 N–H and O–H groups in total. The number of aryl methyl sites for hydroxylation is 2. The zero-order valence-corrected chi connectivity index (χ0v) is 15.0. The van der Waals surface area contributed by atoms with Crippen molar-refractivity contribution < 1.29 is 23.8 Å². The molecular weight excluding hydrogens is 332 g/mol. The van der Waals surface area contributed by atoms with E-state index in [1.807, 2.05) is 32.0 Å². The van der Waals surface area contributed by atoms with Crippen LogP contribution >= 0.6 is 0 Å². The first-order chi connectivity index (χ1) is 12.6. The van der Waals surface area contributed by atoms with E-state index in [1.165, 1.54) is 0 Å². The third kappa shape index (κ3) is 3.87. The molecule has 5 nitrogen and oxygen atoms in total. The normalized spacial score (nSPS) is 12.5. The lowest BCUT2D eigenvalue weighted by atomic mass is 9.98. The van der Waals surface area contributed by atoms with Crippen molar-refractivity contribution >= 4 is 11.8 Å². The molecule has 0 bridgehead atoms. The first kappa shape index (κ1) is 18.0. The summed E-state index contributed by atoms with van der Waals surface area (Å²) in [5.41, 5.74) is 3.01. The lowest BCUT2D eigenvalue weighted by Gasteiger charge is -2.18. The number of ether oxygens (including phenoxy) is 3. The number of esters is 1. The highest BCUT2D eigenvalue weighted by molar-refractivity contribution is 6.00. The molecule has 2 aromatic carbocycles. The Balaban J connectivity index is 1.69. The molecule has 0 saturated heterocycles. The highest BCUT2D eigenvalue weighted by Crippen LogP contribution is 2.30. The molecule has 1 aliphatic heterocycles. The van der Waals surface area contributed by atoms with Crippen molar-refractivity contribution in [1.29, 1.82) is 0 Å². The summed E-state index contributed by atoms with van der Waals surface area (Å²) in [5.74, 6) is 0.372. The van der Waals surface area contributed by atoms with Gasteiger partial charge in [-0.05, 0) is 48.2 Å². The second kappa shape index (κ2) is 8.04. The number of hydrogen-bond acceptors (Lipinski definition) is 5. The molecule has 1 aliphatic rings. The fourth-order valence-electron chi connectivity index (χ4n) is 2.87. The molecule has 0 aliphatic carbocycles. The Bertz CT molecular complexity index is 825. The van der Waals surface area contributed by atoms with Crippen LogP contribution in [0.15, 0.2) is 36.4 Å². The molecule has 0 aromatic heterocycles. The molecule has 0 unspecified atom stereocenters. The van der Waals surface area contributed by atoms with Crippen molar-refractivity contribution in [2.45, 2.75) is 26.7 Å². The number of hydrogen-bond donors (Lipinski definition) is 0. The van der Waals surface area contributed by atoms with Gasteiger partial charge in [0.25, 0.3) is 0 Å². The Morgan fingerprint density at radius 2 is 1.73 bits per heavy atom. The van der Waals surface area contributed by atoms with Crippen LogP contribution < -0.4 is 9.47 Å². The highest BCUT2D eigenvalue weighted by Gasteiger charge is 2.18. The van der Waals surface area contributed by atoms with E-state index >= 15 is 0 Å². The maximum atomic E-state index is 12.5. The number of carbonyl (C=O) groups excluding carboxylic acids is 2. The maximum absolute atomic E-state index is 12.5. The average Bonchev–Trinajstić information content (AvgIpc) is 2.70. The number of rotatable bonds is 6. The van der Waals surface area contributed by atoms with E-state index in [0.717, 1.165) is 24.0 Å². The molecular formula is C21H22O5. The summed E-state index contributed by atoms with van der Waals surface area (Å²) in [6.07, 6.45) is 1.60. The van der Waals surface area contributed by atoms with E-state index in [9.17, 15) is 9.59 Å². The largest absolute Gasteiger partial charge is 0.486 e. The van der Waals surface area contributed by atoms with Crippen molar-refractivity contribution in [3.05, 3.63) is 58.7 Å². The fourth-order valence-corrected chi connectivity index (χ4v) is 2.87. The molecule has 0 saturated carbocycles. The van der Waals surface area contributed by atoms with Gasteiger partial charge >= 0.3 is 5.97 Å². The van der Waals surface area contributed by atoms with Gasteiger partial charge in [-0.2, -0.15) is 0 Å². The first-order valence-corrected chi connectivity index (χ1v) is 8.84. The van der Waals surface area contributed by atoms with E-state index in [4.69, 9.17) is 14.2 Å². The van der Waals surface area contributed by atoms with Gasteiger partial charge in [0, 0.05) is 5.56 Å². The number of Topliss-reactive ketones (excluding diaryl/α,β-unsaturated/α-hetero) is 1. The van der Waals surface area contributed by atoms with E-state index in [1.54, 1.807) is 18.2 Å². The minimum Gasteiger partial charge on any atom is -0.486 e. The SMILES string of the molecule is CCc1ccc(CC)c(C(=O)COC(=O)c2ccc3c(c2)OCCO3)c1. The van der Waals surface area contributed by atoms with Crippen LogP contribution in [-0.4, -0.2) is 31.6 Å². The second-order valence-corrected chi connectivity index (χ2v) is 6.06. The number of fused-ring (bicyclic) bond motifs is 1. The summed E-state index contributed by atoms with van der Waals surface area (Å²) >= 11 is 0. The van der Waals surface area contributed by atoms with Gasteiger partial charge in [0.15, 0.2) is 18.1 Å². The molecule has 0 radical (unpaired) electrons. The summed E-state index contributed by atoms with van der Waals surface area (Å²) in [7, 11) is 0. The lowest BCUT2D eigenvalue weighted by molar-refractivity contribution is 0.0473. The number of benzene rings is 2. The average molecular weight is 354 g/mol. The van der Waals surface area contributed by atoms with Crippen LogP contribution in [0.1, 0.15) is 45.7 Å². The first-order valence-electron chi connectivity index (χ1n) is 8.84. The van der Waals surface area contributed by atoms with Gasteiger partial charge in [0.05, 0.1) is 5.56 Å². The topological polar surface area (TPSA) is 61.8 Å². The quantitative estimate of drug-likeness (QED) is 0.586. The Kier molecular flexibility index (Phi) is 5.56. The molecule has 5 heteroatoms. The third-order valence-electron chi connectivity index (χ3n) is 4.38. The zero-order valence-electron chi connectivity index (χ0n) is 15.0. The van der Waals surface area contributed by atoms with Crippen LogP contribution in [0.5, 0.6) is 11.5 Å². The molecule has 26 heavy (non-hydrogen) atoms. The predicted molar refractivity (Wildman–Crippen MR) is 97.2 cm³/mol. The number of carbonyl (C=O) groups is 2. The number of ketones is 1. The summed E-state index contributed by atoms with van der Waals surface area (Å²) in [5, 5.41) is 0. The van der Waals surface area contributed by atoms with Gasteiger partial charge in [-0.25, -0.2) is 4.79 Å². The minimum atomic E-state index is -0.556. The summed E-state index contributed by atoms with van der Waals surface area (Å²) in [4.78, 5) is 24.8. The van der Waals surface area contributed by atoms with Crippen molar-refractivity contribution in [3.63, 3.8) is 0 Å². The van der Waals surface area contributed by atoms with Crippen LogP contribution in [0, 0.1) is 0 Å². The standard InChI is InChI=1S/C21H22O5/c1-3-14-5-6-15(4-2)17(11-14)18(22)13-26-21(23)16-7-8-19-20(12-16)25-10-9-24-19/h5-8,11-12H,3-4,9-10,13H2,1-2H3. The Morgan fingerprint density at radius 3 is 2.46 bits per heavy atom. The third-order valence-corrected chi connectivity index (χ3v) is 4.38. The van der Waals surface area contributed by atoms with Gasteiger partial charge < -0.3 is 14.2 Å². The molecule has 0 fully saturated rings. The van der Waals surface area contributed by atoms with E-state index in [0.29, 0.717) is 35.8 Å². The smallest absolute Gasteiger partial charge is 0.338 e. The van der Waals surface area contributed by atoms with Crippen molar-refractivity contribution in [2.24, 2.45) is 0 Å². The lowest BCUT2D eigenvalue weighted by Crippen LogP contribution is -2.18. The summed E-state index contributed by atoms with van der Waals surface area (Å²) < 4.78 is 16.1.